The first-order valence-electron chi connectivity index (χ1n) is 6.55. The Morgan fingerprint density at radius 3 is 2.68 bits per heavy atom. The fourth-order valence-electron chi connectivity index (χ4n) is 2.28. The SMILES string of the molecule is CCC(C)(C(=O)c1cccc2ccncc12)N(C)C. The number of hydrogen-bond acceptors (Lipinski definition) is 3. The fourth-order valence-corrected chi connectivity index (χ4v) is 2.28. The molecule has 1 atom stereocenters. The first-order valence-corrected chi connectivity index (χ1v) is 6.55. The van der Waals surface area contributed by atoms with E-state index in [-0.39, 0.29) is 5.78 Å². The molecule has 100 valence electrons. The van der Waals surface area contributed by atoms with Crippen LogP contribution in [-0.4, -0.2) is 35.3 Å². The van der Waals surface area contributed by atoms with E-state index in [1.54, 1.807) is 12.4 Å². The second kappa shape index (κ2) is 5.10. The number of carbonyl (C=O) groups is 1. The lowest BCUT2D eigenvalue weighted by Crippen LogP contribution is -2.48. The van der Waals surface area contributed by atoms with Crippen LogP contribution in [0.1, 0.15) is 30.6 Å². The van der Waals surface area contributed by atoms with Crippen LogP contribution in [0.2, 0.25) is 0 Å². The molecule has 1 aromatic carbocycles. The van der Waals surface area contributed by atoms with Gasteiger partial charge in [-0.25, -0.2) is 0 Å². The summed E-state index contributed by atoms with van der Waals surface area (Å²) in [5.41, 5.74) is 0.271. The number of fused-ring (bicyclic) bond motifs is 1. The summed E-state index contributed by atoms with van der Waals surface area (Å²) in [5.74, 6) is 0.151. The first kappa shape index (κ1) is 13.7. The van der Waals surface area contributed by atoms with E-state index in [1.165, 1.54) is 0 Å². The maximum Gasteiger partial charge on any atom is 0.183 e. The molecule has 0 aliphatic carbocycles. The topological polar surface area (TPSA) is 33.2 Å². The normalized spacial score (nSPS) is 14.6. The van der Waals surface area contributed by atoms with Gasteiger partial charge in [-0.1, -0.05) is 25.1 Å². The van der Waals surface area contributed by atoms with Crippen molar-refractivity contribution in [1.82, 2.24) is 9.88 Å². The van der Waals surface area contributed by atoms with Crippen LogP contribution in [0.5, 0.6) is 0 Å². The van der Waals surface area contributed by atoms with Crippen LogP contribution in [0.15, 0.2) is 36.7 Å². The van der Waals surface area contributed by atoms with Crippen molar-refractivity contribution < 1.29 is 4.79 Å². The van der Waals surface area contributed by atoms with E-state index in [9.17, 15) is 4.79 Å². The predicted octanol–water partition coefficient (Wildman–Crippen LogP) is 3.15. The lowest BCUT2D eigenvalue weighted by Gasteiger charge is -2.34. The van der Waals surface area contributed by atoms with E-state index in [0.717, 1.165) is 22.8 Å². The van der Waals surface area contributed by atoms with Gasteiger partial charge >= 0.3 is 0 Å². The number of rotatable bonds is 4. The zero-order chi connectivity index (χ0) is 14.0. The molecule has 3 nitrogen and oxygen atoms in total. The Morgan fingerprint density at radius 1 is 1.32 bits per heavy atom. The third-order valence-corrected chi connectivity index (χ3v) is 4.09. The summed E-state index contributed by atoms with van der Waals surface area (Å²) in [5, 5.41) is 1.98. The summed E-state index contributed by atoms with van der Waals surface area (Å²) in [6.07, 6.45) is 4.30. The molecule has 0 amide bonds. The van der Waals surface area contributed by atoms with Gasteiger partial charge in [0.1, 0.15) is 0 Å². The molecule has 0 radical (unpaired) electrons. The fraction of sp³-hybridized carbons (Fsp3) is 0.375. The van der Waals surface area contributed by atoms with E-state index in [2.05, 4.69) is 4.98 Å². The van der Waals surface area contributed by atoms with Crippen molar-refractivity contribution in [3.05, 3.63) is 42.2 Å². The molecule has 1 unspecified atom stereocenters. The van der Waals surface area contributed by atoms with Gasteiger partial charge in [-0.3, -0.25) is 14.7 Å². The van der Waals surface area contributed by atoms with Gasteiger partial charge in [0.25, 0.3) is 0 Å². The van der Waals surface area contributed by atoms with Crippen LogP contribution >= 0.6 is 0 Å². The minimum absolute atomic E-state index is 0.151. The quantitative estimate of drug-likeness (QED) is 0.788. The minimum Gasteiger partial charge on any atom is -0.297 e. The zero-order valence-corrected chi connectivity index (χ0v) is 12.0. The largest absolute Gasteiger partial charge is 0.297 e. The molecule has 0 N–H and O–H groups in total. The summed E-state index contributed by atoms with van der Waals surface area (Å²) >= 11 is 0. The summed E-state index contributed by atoms with van der Waals surface area (Å²) in [6.45, 7) is 4.03. The highest BCUT2D eigenvalue weighted by atomic mass is 16.1. The number of likely N-dealkylation sites (N-methyl/N-ethyl adjacent to an activating group) is 1. The van der Waals surface area contributed by atoms with Crippen LogP contribution in [0.25, 0.3) is 10.8 Å². The molecule has 0 bridgehead atoms. The predicted molar refractivity (Wildman–Crippen MR) is 78.5 cm³/mol. The third-order valence-electron chi connectivity index (χ3n) is 4.09. The van der Waals surface area contributed by atoms with Crippen LogP contribution in [0.4, 0.5) is 0 Å². The van der Waals surface area contributed by atoms with Gasteiger partial charge in [-0.2, -0.15) is 0 Å². The van der Waals surface area contributed by atoms with Gasteiger partial charge in [-0.15, -0.1) is 0 Å². The molecule has 1 aromatic heterocycles. The second-order valence-corrected chi connectivity index (χ2v) is 5.25. The van der Waals surface area contributed by atoms with Crippen molar-refractivity contribution in [2.45, 2.75) is 25.8 Å². The van der Waals surface area contributed by atoms with Gasteiger partial charge in [-0.05, 0) is 38.9 Å². The van der Waals surface area contributed by atoms with Gasteiger partial charge < -0.3 is 0 Å². The number of hydrogen-bond donors (Lipinski definition) is 0. The number of carbonyl (C=O) groups excluding carboxylic acids is 1. The lowest BCUT2D eigenvalue weighted by atomic mass is 9.86. The summed E-state index contributed by atoms with van der Waals surface area (Å²) in [6, 6.07) is 7.77. The highest BCUT2D eigenvalue weighted by molar-refractivity contribution is 6.12. The van der Waals surface area contributed by atoms with Crippen LogP contribution < -0.4 is 0 Å². The lowest BCUT2D eigenvalue weighted by molar-refractivity contribution is 0.0712. The highest BCUT2D eigenvalue weighted by Gasteiger charge is 2.34. The van der Waals surface area contributed by atoms with E-state index in [1.807, 2.05) is 57.1 Å². The van der Waals surface area contributed by atoms with Crippen LogP contribution in [-0.2, 0) is 0 Å². The molecule has 2 aromatic rings. The molecule has 0 fully saturated rings. The van der Waals surface area contributed by atoms with Crippen molar-refractivity contribution >= 4 is 16.6 Å². The number of ketones is 1. The second-order valence-electron chi connectivity index (χ2n) is 5.25. The smallest absolute Gasteiger partial charge is 0.183 e. The Bertz CT molecular complexity index is 601. The average molecular weight is 256 g/mol. The zero-order valence-electron chi connectivity index (χ0n) is 12.0. The van der Waals surface area contributed by atoms with E-state index >= 15 is 0 Å². The number of Topliss-reactive ketones (excluding diaryl/α,β-unsaturated/α-hetero) is 1. The number of benzene rings is 1. The molecule has 2 rings (SSSR count). The highest BCUT2D eigenvalue weighted by Crippen LogP contribution is 2.26. The summed E-state index contributed by atoms with van der Waals surface area (Å²) in [7, 11) is 3.90. The molecule has 0 aliphatic heterocycles. The van der Waals surface area contributed by atoms with E-state index < -0.39 is 5.54 Å². The Kier molecular flexibility index (Phi) is 3.67. The summed E-state index contributed by atoms with van der Waals surface area (Å²) < 4.78 is 0. The number of nitrogens with zero attached hydrogens (tertiary/aromatic N) is 2. The Hall–Kier alpha value is -1.74. The van der Waals surface area contributed by atoms with Crippen molar-refractivity contribution in [2.24, 2.45) is 0 Å². The van der Waals surface area contributed by atoms with Gasteiger partial charge in [0.05, 0.1) is 5.54 Å². The molecule has 1 heterocycles. The van der Waals surface area contributed by atoms with Gasteiger partial charge in [0.2, 0.25) is 0 Å². The minimum atomic E-state index is -0.482. The van der Waals surface area contributed by atoms with Crippen molar-refractivity contribution in [1.29, 1.82) is 0 Å². The number of pyridine rings is 1. The molecular weight excluding hydrogens is 236 g/mol. The third kappa shape index (κ3) is 2.26. The van der Waals surface area contributed by atoms with Crippen LogP contribution in [0, 0.1) is 0 Å². The standard InChI is InChI=1S/C16H20N2O/c1-5-16(2,18(3)4)15(19)13-8-6-7-12-9-10-17-11-14(12)13/h6-11H,5H2,1-4H3. The Morgan fingerprint density at radius 2 is 2.05 bits per heavy atom. The average Bonchev–Trinajstić information content (AvgIpc) is 2.44. The molecular formula is C16H20N2O. The maximum atomic E-state index is 12.9. The Balaban J connectivity index is 2.59. The van der Waals surface area contributed by atoms with Crippen molar-refractivity contribution in [3.8, 4) is 0 Å². The molecule has 3 heteroatoms. The molecule has 0 aliphatic rings. The van der Waals surface area contributed by atoms with E-state index in [4.69, 9.17) is 0 Å². The number of aromatic nitrogens is 1. The van der Waals surface area contributed by atoms with E-state index in [0.29, 0.717) is 0 Å². The molecule has 19 heavy (non-hydrogen) atoms. The molecule has 0 spiro atoms. The van der Waals surface area contributed by atoms with Gasteiger partial charge in [0, 0.05) is 23.3 Å². The first-order chi connectivity index (χ1) is 9.00. The van der Waals surface area contributed by atoms with Crippen LogP contribution in [0.3, 0.4) is 0 Å². The maximum absolute atomic E-state index is 12.9. The Labute approximate surface area is 114 Å². The van der Waals surface area contributed by atoms with Crippen molar-refractivity contribution in [2.75, 3.05) is 14.1 Å². The molecule has 0 saturated heterocycles. The van der Waals surface area contributed by atoms with Crippen molar-refractivity contribution in [3.63, 3.8) is 0 Å². The monoisotopic (exact) mass is 256 g/mol. The molecule has 0 saturated carbocycles. The summed E-state index contributed by atoms with van der Waals surface area (Å²) in [4.78, 5) is 19.0. The van der Waals surface area contributed by atoms with Gasteiger partial charge in [0.15, 0.2) is 5.78 Å².